The highest BCUT2D eigenvalue weighted by Crippen LogP contribution is 2.44. The zero-order valence-electron chi connectivity index (χ0n) is 18.9. The lowest BCUT2D eigenvalue weighted by atomic mass is 9.61. The van der Waals surface area contributed by atoms with Crippen LogP contribution in [0.2, 0.25) is 0 Å². The molecule has 1 radical (unpaired) electrons. The summed E-state index contributed by atoms with van der Waals surface area (Å²) in [5.74, 6) is -2.02. The number of hydrogen-bond donors (Lipinski definition) is 2. The molecule has 3 nitrogen and oxygen atoms in total. The van der Waals surface area contributed by atoms with E-state index in [2.05, 4.69) is 57.7 Å². The molecule has 3 aromatic carbocycles. The molecule has 0 fully saturated rings. The second-order valence-electron chi connectivity index (χ2n) is 9.20. The van der Waals surface area contributed by atoms with Crippen molar-refractivity contribution in [1.82, 2.24) is 0 Å². The highest BCUT2D eigenvalue weighted by Gasteiger charge is 2.30. The van der Waals surface area contributed by atoms with Gasteiger partial charge in [-0.25, -0.2) is 9.18 Å². The number of allylic oxidation sites excluding steroid dienone is 1. The standard InChI is InChI=1S/C28H25BFO3/c1-16-5-7-18(8-6-16)20-11-12-28(3,4)24-15-26(31)22(14-23(20)24)17(2)29-19-9-10-21(27(32)33)25(30)13-19/h5-11,13-15,31H,2,12H2,1,3-4H3,(H,32,33). The van der Waals surface area contributed by atoms with Gasteiger partial charge in [0.15, 0.2) is 7.28 Å². The van der Waals surface area contributed by atoms with Crippen molar-refractivity contribution < 1.29 is 19.4 Å². The molecule has 0 spiro atoms. The molecule has 33 heavy (non-hydrogen) atoms. The quantitative estimate of drug-likeness (QED) is 0.505. The van der Waals surface area contributed by atoms with E-state index in [-0.39, 0.29) is 16.7 Å². The minimum absolute atomic E-state index is 0.107. The number of phenolic OH excluding ortho intramolecular Hbond substituents is 1. The van der Waals surface area contributed by atoms with E-state index in [1.165, 1.54) is 17.7 Å². The van der Waals surface area contributed by atoms with Gasteiger partial charge < -0.3 is 10.2 Å². The van der Waals surface area contributed by atoms with Gasteiger partial charge in [0.05, 0.1) is 5.56 Å². The number of aromatic hydroxyl groups is 1. The van der Waals surface area contributed by atoms with Crippen LogP contribution in [0.15, 0.2) is 67.3 Å². The van der Waals surface area contributed by atoms with Crippen molar-refractivity contribution >= 4 is 29.8 Å². The number of rotatable bonds is 5. The van der Waals surface area contributed by atoms with Crippen molar-refractivity contribution in [1.29, 1.82) is 0 Å². The highest BCUT2D eigenvalue weighted by atomic mass is 19.1. The molecule has 0 amide bonds. The number of phenols is 1. The molecular formula is C28H25BFO3. The molecule has 1 aliphatic rings. The predicted octanol–water partition coefficient (Wildman–Crippen LogP) is 5.65. The number of aromatic carboxylic acids is 1. The fraction of sp³-hybridized carbons (Fsp3) is 0.179. The lowest BCUT2D eigenvalue weighted by Crippen LogP contribution is -2.22. The molecule has 5 heteroatoms. The lowest BCUT2D eigenvalue weighted by Gasteiger charge is -2.33. The molecule has 0 saturated carbocycles. The van der Waals surface area contributed by atoms with Gasteiger partial charge in [-0.05, 0) is 65.3 Å². The maximum Gasteiger partial charge on any atom is 0.338 e. The Balaban J connectivity index is 1.74. The summed E-state index contributed by atoms with van der Waals surface area (Å²) in [5.41, 5.74) is 6.49. The van der Waals surface area contributed by atoms with Crippen molar-refractivity contribution in [3.8, 4) is 5.75 Å². The SMILES string of the molecule is C=C([B]c1ccc(C(=O)O)c(F)c1)c1cc2c(cc1O)C(C)(C)CC=C2c1ccc(C)cc1. The molecule has 0 heterocycles. The van der Waals surface area contributed by atoms with Gasteiger partial charge in [0.2, 0.25) is 0 Å². The second-order valence-corrected chi connectivity index (χ2v) is 9.20. The molecule has 0 bridgehead atoms. The van der Waals surface area contributed by atoms with Gasteiger partial charge >= 0.3 is 5.97 Å². The third kappa shape index (κ3) is 4.36. The molecule has 0 unspecified atom stereocenters. The van der Waals surface area contributed by atoms with E-state index >= 15 is 0 Å². The first-order valence-electron chi connectivity index (χ1n) is 10.8. The minimum atomic E-state index is -1.32. The second kappa shape index (κ2) is 8.40. The summed E-state index contributed by atoms with van der Waals surface area (Å²) in [6.07, 6.45) is 3.09. The van der Waals surface area contributed by atoms with Gasteiger partial charge in [-0.1, -0.05) is 66.8 Å². The molecule has 1 aliphatic carbocycles. The first kappa shape index (κ1) is 22.6. The largest absolute Gasteiger partial charge is 0.507 e. The van der Waals surface area contributed by atoms with E-state index in [1.54, 1.807) is 13.3 Å². The number of benzene rings is 3. The van der Waals surface area contributed by atoms with Crippen LogP contribution in [-0.4, -0.2) is 23.5 Å². The van der Waals surface area contributed by atoms with Crippen molar-refractivity contribution in [2.24, 2.45) is 0 Å². The normalized spacial score (nSPS) is 14.2. The van der Waals surface area contributed by atoms with Gasteiger partial charge in [-0.15, -0.1) is 6.58 Å². The number of aryl methyl sites for hydroxylation is 1. The average Bonchev–Trinajstić information content (AvgIpc) is 2.74. The first-order valence-corrected chi connectivity index (χ1v) is 10.8. The van der Waals surface area contributed by atoms with Crippen molar-refractivity contribution in [2.45, 2.75) is 32.6 Å². The van der Waals surface area contributed by atoms with Gasteiger partial charge in [-0.3, -0.25) is 0 Å². The fourth-order valence-electron chi connectivity index (χ4n) is 4.29. The van der Waals surface area contributed by atoms with Crippen LogP contribution in [0.5, 0.6) is 5.75 Å². The van der Waals surface area contributed by atoms with Gasteiger partial charge in [0.25, 0.3) is 0 Å². The van der Waals surface area contributed by atoms with Crippen LogP contribution in [0.4, 0.5) is 4.39 Å². The number of fused-ring (bicyclic) bond motifs is 1. The Kier molecular flexibility index (Phi) is 5.75. The number of halogens is 1. The summed E-state index contributed by atoms with van der Waals surface area (Å²) in [6.45, 7) is 10.5. The van der Waals surface area contributed by atoms with Gasteiger partial charge in [0.1, 0.15) is 11.6 Å². The Bertz CT molecular complexity index is 1300. The van der Waals surface area contributed by atoms with Gasteiger partial charge in [0, 0.05) is 5.56 Å². The van der Waals surface area contributed by atoms with Crippen LogP contribution < -0.4 is 5.46 Å². The molecular weight excluding hydrogens is 414 g/mol. The Morgan fingerprint density at radius 2 is 1.76 bits per heavy atom. The monoisotopic (exact) mass is 439 g/mol. The lowest BCUT2D eigenvalue weighted by molar-refractivity contribution is 0.0692. The topological polar surface area (TPSA) is 57.5 Å². The van der Waals surface area contributed by atoms with Crippen molar-refractivity contribution in [3.05, 3.63) is 106 Å². The third-order valence-corrected chi connectivity index (χ3v) is 6.24. The van der Waals surface area contributed by atoms with Crippen LogP contribution in [0.3, 0.4) is 0 Å². The Labute approximate surface area is 194 Å². The Morgan fingerprint density at radius 3 is 2.39 bits per heavy atom. The fourth-order valence-corrected chi connectivity index (χ4v) is 4.29. The summed E-state index contributed by atoms with van der Waals surface area (Å²) >= 11 is 0. The molecule has 0 atom stereocenters. The molecule has 3 aromatic rings. The molecule has 4 rings (SSSR count). The number of hydrogen-bond acceptors (Lipinski definition) is 2. The van der Waals surface area contributed by atoms with Gasteiger partial charge in [-0.2, -0.15) is 0 Å². The summed E-state index contributed by atoms with van der Waals surface area (Å²) in [4.78, 5) is 11.1. The van der Waals surface area contributed by atoms with Crippen LogP contribution in [0.1, 0.15) is 58.4 Å². The van der Waals surface area contributed by atoms with Crippen LogP contribution in [0.25, 0.3) is 11.0 Å². The maximum atomic E-state index is 14.1. The Morgan fingerprint density at radius 1 is 1.06 bits per heavy atom. The summed E-state index contributed by atoms with van der Waals surface area (Å²) < 4.78 is 14.1. The summed E-state index contributed by atoms with van der Waals surface area (Å²) in [7, 11) is 1.64. The zero-order valence-corrected chi connectivity index (χ0v) is 18.9. The number of carboxylic acids is 1. The van der Waals surface area contributed by atoms with Crippen LogP contribution >= 0.6 is 0 Å². The molecule has 165 valence electrons. The molecule has 0 saturated heterocycles. The third-order valence-electron chi connectivity index (χ3n) is 6.24. The maximum absolute atomic E-state index is 14.1. The van der Waals surface area contributed by atoms with E-state index in [0.29, 0.717) is 16.5 Å². The molecule has 2 N–H and O–H groups in total. The summed E-state index contributed by atoms with van der Waals surface area (Å²) in [5, 5.41) is 19.9. The number of carbonyl (C=O) groups is 1. The summed E-state index contributed by atoms with van der Waals surface area (Å²) in [6, 6.07) is 16.0. The van der Waals surface area contributed by atoms with Crippen molar-refractivity contribution in [3.63, 3.8) is 0 Å². The van der Waals surface area contributed by atoms with E-state index < -0.39 is 11.8 Å². The minimum Gasteiger partial charge on any atom is -0.507 e. The number of carboxylic acid groups (broad SMARTS) is 1. The van der Waals surface area contributed by atoms with E-state index in [4.69, 9.17) is 5.11 Å². The first-order chi connectivity index (χ1) is 15.6. The molecule has 0 aromatic heterocycles. The highest BCUT2D eigenvalue weighted by molar-refractivity contribution is 6.73. The zero-order chi connectivity index (χ0) is 23.9. The predicted molar refractivity (Wildman–Crippen MR) is 132 cm³/mol. The van der Waals surface area contributed by atoms with E-state index in [0.717, 1.165) is 34.8 Å². The smallest absolute Gasteiger partial charge is 0.338 e. The molecule has 0 aliphatic heterocycles. The van der Waals surface area contributed by atoms with Crippen molar-refractivity contribution in [2.75, 3.05) is 0 Å². The average molecular weight is 439 g/mol. The van der Waals surface area contributed by atoms with E-state index in [1.807, 2.05) is 6.07 Å². The Hall–Kier alpha value is -3.60. The van der Waals surface area contributed by atoms with Crippen LogP contribution in [-0.2, 0) is 5.41 Å². The van der Waals surface area contributed by atoms with Crippen LogP contribution in [0, 0.1) is 12.7 Å². The van der Waals surface area contributed by atoms with E-state index in [9.17, 15) is 14.3 Å².